The van der Waals surface area contributed by atoms with E-state index >= 15 is 0 Å². The average Bonchev–Trinajstić information content (AvgIpc) is 2.32. The Morgan fingerprint density at radius 3 is 2.78 bits per heavy atom. The molecule has 0 saturated heterocycles. The Balaban J connectivity index is 1.90. The summed E-state index contributed by atoms with van der Waals surface area (Å²) >= 11 is 0. The van der Waals surface area contributed by atoms with Crippen LogP contribution in [0.25, 0.3) is 0 Å². The number of hydrogen-bond donors (Lipinski definition) is 3. The van der Waals surface area contributed by atoms with Crippen LogP contribution >= 0.6 is 0 Å². The van der Waals surface area contributed by atoms with Crippen LogP contribution in [0.5, 0.6) is 11.5 Å². The normalized spacial score (nSPS) is 17.2. The molecule has 1 aromatic rings. The molecule has 1 saturated carbocycles. The number of hydrogen-bond acceptors (Lipinski definition) is 4. The predicted octanol–water partition coefficient (Wildman–Crippen LogP) is 1.80. The topological polar surface area (TPSA) is 61.7 Å². The van der Waals surface area contributed by atoms with E-state index in [2.05, 4.69) is 5.32 Å². The molecular formula is C14H21NO3. The number of ether oxygens (including phenoxy) is 1. The third-order valence-electron chi connectivity index (χ3n) is 3.44. The van der Waals surface area contributed by atoms with E-state index in [1.54, 1.807) is 6.07 Å². The number of para-hydroxylation sites is 1. The van der Waals surface area contributed by atoms with Crippen molar-refractivity contribution in [2.24, 2.45) is 0 Å². The Labute approximate surface area is 108 Å². The maximum absolute atomic E-state index is 9.99. The second-order valence-electron chi connectivity index (χ2n) is 4.88. The van der Waals surface area contributed by atoms with Crippen LogP contribution in [0.2, 0.25) is 0 Å². The molecule has 18 heavy (non-hydrogen) atoms. The standard InChI is InChI=1S/C14H21NO3/c1-2-18-12-6-3-5-11(13(12)16)9-15-10-14(17)7-4-8-14/h3,5-6,15-17H,2,4,7-10H2,1H3. The van der Waals surface area contributed by atoms with Crippen LogP contribution in [-0.2, 0) is 6.54 Å². The first-order valence-electron chi connectivity index (χ1n) is 6.51. The van der Waals surface area contributed by atoms with E-state index in [1.165, 1.54) is 0 Å². The number of aliphatic hydroxyl groups is 1. The van der Waals surface area contributed by atoms with E-state index in [1.807, 2.05) is 19.1 Å². The van der Waals surface area contributed by atoms with Gasteiger partial charge in [0.1, 0.15) is 0 Å². The fraction of sp³-hybridized carbons (Fsp3) is 0.571. The maximum Gasteiger partial charge on any atom is 0.162 e. The number of aromatic hydroxyl groups is 1. The largest absolute Gasteiger partial charge is 0.504 e. The van der Waals surface area contributed by atoms with Gasteiger partial charge in [-0.3, -0.25) is 0 Å². The van der Waals surface area contributed by atoms with Gasteiger partial charge in [-0.1, -0.05) is 12.1 Å². The molecule has 0 radical (unpaired) electrons. The molecule has 0 heterocycles. The Morgan fingerprint density at radius 2 is 2.17 bits per heavy atom. The highest BCUT2D eigenvalue weighted by Crippen LogP contribution is 2.32. The number of phenols is 1. The van der Waals surface area contributed by atoms with Gasteiger partial charge in [0.05, 0.1) is 12.2 Å². The minimum Gasteiger partial charge on any atom is -0.504 e. The van der Waals surface area contributed by atoms with Crippen LogP contribution in [0.15, 0.2) is 18.2 Å². The van der Waals surface area contributed by atoms with Crippen molar-refractivity contribution >= 4 is 0 Å². The van der Waals surface area contributed by atoms with Gasteiger partial charge in [0.25, 0.3) is 0 Å². The minimum absolute atomic E-state index is 0.187. The number of benzene rings is 1. The molecule has 0 amide bonds. The number of rotatable bonds is 6. The van der Waals surface area contributed by atoms with Crippen molar-refractivity contribution in [3.05, 3.63) is 23.8 Å². The summed E-state index contributed by atoms with van der Waals surface area (Å²) in [6.45, 7) is 3.53. The van der Waals surface area contributed by atoms with Gasteiger partial charge in [-0.05, 0) is 32.3 Å². The maximum atomic E-state index is 9.99. The molecular weight excluding hydrogens is 230 g/mol. The Hall–Kier alpha value is -1.26. The zero-order valence-electron chi connectivity index (χ0n) is 10.8. The minimum atomic E-state index is -0.535. The molecule has 0 aliphatic heterocycles. The van der Waals surface area contributed by atoms with Gasteiger partial charge < -0.3 is 20.3 Å². The van der Waals surface area contributed by atoms with Gasteiger partial charge in [0.15, 0.2) is 11.5 Å². The molecule has 0 unspecified atom stereocenters. The van der Waals surface area contributed by atoms with Gasteiger partial charge >= 0.3 is 0 Å². The molecule has 0 atom stereocenters. The number of nitrogens with one attached hydrogen (secondary N) is 1. The smallest absolute Gasteiger partial charge is 0.162 e. The van der Waals surface area contributed by atoms with E-state index < -0.39 is 5.60 Å². The molecule has 1 fully saturated rings. The molecule has 1 aliphatic rings. The highest BCUT2D eigenvalue weighted by Gasteiger charge is 2.33. The summed E-state index contributed by atoms with van der Waals surface area (Å²) in [6, 6.07) is 5.47. The first kappa shape index (κ1) is 13.2. The van der Waals surface area contributed by atoms with Crippen molar-refractivity contribution in [2.45, 2.75) is 38.3 Å². The Kier molecular flexibility index (Phi) is 4.09. The fourth-order valence-corrected chi connectivity index (χ4v) is 2.17. The van der Waals surface area contributed by atoms with E-state index in [0.29, 0.717) is 25.4 Å². The molecule has 4 nitrogen and oxygen atoms in total. The second kappa shape index (κ2) is 5.59. The van der Waals surface area contributed by atoms with Gasteiger partial charge in [0, 0.05) is 18.7 Å². The summed E-state index contributed by atoms with van der Waals surface area (Å²) in [6.07, 6.45) is 2.83. The SMILES string of the molecule is CCOc1cccc(CNCC2(O)CCC2)c1O. The van der Waals surface area contributed by atoms with Crippen molar-refractivity contribution < 1.29 is 14.9 Å². The monoisotopic (exact) mass is 251 g/mol. The summed E-state index contributed by atoms with van der Waals surface area (Å²) in [4.78, 5) is 0. The lowest BCUT2D eigenvalue weighted by atomic mass is 9.80. The highest BCUT2D eigenvalue weighted by molar-refractivity contribution is 5.45. The summed E-state index contributed by atoms with van der Waals surface area (Å²) in [5.74, 6) is 0.701. The molecule has 2 rings (SSSR count). The van der Waals surface area contributed by atoms with Gasteiger partial charge in [-0.2, -0.15) is 0 Å². The van der Waals surface area contributed by atoms with Gasteiger partial charge in [0.2, 0.25) is 0 Å². The Morgan fingerprint density at radius 1 is 1.39 bits per heavy atom. The number of phenolic OH excluding ortho intramolecular Hbond substituents is 1. The van der Waals surface area contributed by atoms with Crippen LogP contribution in [0.3, 0.4) is 0 Å². The van der Waals surface area contributed by atoms with Crippen molar-refractivity contribution in [2.75, 3.05) is 13.2 Å². The second-order valence-corrected chi connectivity index (χ2v) is 4.88. The lowest BCUT2D eigenvalue weighted by Gasteiger charge is -2.36. The van der Waals surface area contributed by atoms with E-state index in [0.717, 1.165) is 24.8 Å². The zero-order chi connectivity index (χ0) is 13.0. The Bertz CT molecular complexity index is 402. The highest BCUT2D eigenvalue weighted by atomic mass is 16.5. The molecule has 4 heteroatoms. The van der Waals surface area contributed by atoms with Crippen LogP contribution in [-0.4, -0.2) is 29.0 Å². The van der Waals surface area contributed by atoms with E-state index in [9.17, 15) is 10.2 Å². The first-order valence-corrected chi connectivity index (χ1v) is 6.51. The van der Waals surface area contributed by atoms with Crippen LogP contribution in [0, 0.1) is 0 Å². The van der Waals surface area contributed by atoms with Crippen LogP contribution in [0.1, 0.15) is 31.7 Å². The first-order chi connectivity index (χ1) is 8.64. The third-order valence-corrected chi connectivity index (χ3v) is 3.44. The van der Waals surface area contributed by atoms with Crippen molar-refractivity contribution in [3.63, 3.8) is 0 Å². The third kappa shape index (κ3) is 2.94. The molecule has 0 aromatic heterocycles. The lowest BCUT2D eigenvalue weighted by Crippen LogP contribution is -2.45. The summed E-state index contributed by atoms with van der Waals surface area (Å²) in [5.41, 5.74) is 0.261. The molecule has 0 spiro atoms. The molecule has 3 N–H and O–H groups in total. The predicted molar refractivity (Wildman–Crippen MR) is 69.8 cm³/mol. The fourth-order valence-electron chi connectivity index (χ4n) is 2.17. The average molecular weight is 251 g/mol. The summed E-state index contributed by atoms with van der Waals surface area (Å²) in [7, 11) is 0. The lowest BCUT2D eigenvalue weighted by molar-refractivity contribution is -0.0315. The van der Waals surface area contributed by atoms with E-state index in [-0.39, 0.29) is 5.75 Å². The van der Waals surface area contributed by atoms with Gasteiger partial charge in [-0.25, -0.2) is 0 Å². The zero-order valence-corrected chi connectivity index (χ0v) is 10.8. The summed E-state index contributed by atoms with van der Waals surface area (Å²) in [5, 5.41) is 23.1. The molecule has 1 aliphatic carbocycles. The van der Waals surface area contributed by atoms with Crippen molar-refractivity contribution in [1.29, 1.82) is 0 Å². The summed E-state index contributed by atoms with van der Waals surface area (Å²) < 4.78 is 5.33. The van der Waals surface area contributed by atoms with Gasteiger partial charge in [-0.15, -0.1) is 0 Å². The van der Waals surface area contributed by atoms with Crippen molar-refractivity contribution in [1.82, 2.24) is 5.32 Å². The van der Waals surface area contributed by atoms with Crippen LogP contribution < -0.4 is 10.1 Å². The molecule has 1 aromatic carbocycles. The van der Waals surface area contributed by atoms with Crippen molar-refractivity contribution in [3.8, 4) is 11.5 Å². The molecule has 0 bridgehead atoms. The molecule has 100 valence electrons. The van der Waals surface area contributed by atoms with Crippen LogP contribution in [0.4, 0.5) is 0 Å². The van der Waals surface area contributed by atoms with E-state index in [4.69, 9.17) is 4.74 Å². The quantitative estimate of drug-likeness (QED) is 0.721.